The molecule has 11 heavy (non-hydrogen) atoms. The highest BCUT2D eigenvalue weighted by Crippen LogP contribution is 2.11. The number of hydrazone groups is 1. The van der Waals surface area contributed by atoms with Crippen LogP contribution < -0.4 is 10.1 Å². The number of allylic oxidation sites excluding steroid dienone is 1. The lowest BCUT2D eigenvalue weighted by Crippen LogP contribution is -2.13. The lowest BCUT2D eigenvalue weighted by molar-refractivity contribution is 1.00. The Balaban J connectivity index is 2.30. The fourth-order valence-electron chi connectivity index (χ4n) is 1.00. The summed E-state index contributed by atoms with van der Waals surface area (Å²) in [5.41, 5.74) is 1.09. The molecule has 2 heteroatoms. The predicted molar refractivity (Wildman–Crippen MR) is 46.3 cm³/mol. The lowest BCUT2D eigenvalue weighted by Gasteiger charge is -1.97. The van der Waals surface area contributed by atoms with E-state index in [4.69, 9.17) is 0 Å². The second kappa shape index (κ2) is 2.58. The third-order valence-corrected chi connectivity index (χ3v) is 1.53. The molecule has 0 atom stereocenters. The standard InChI is InChI=1S/C9H8N2/c1-2-5-9(6-3-1)11-8-4-7-10-11/h1-8H/q+1. The molecule has 1 radical (unpaired) electrons. The van der Waals surface area contributed by atoms with Gasteiger partial charge in [-0.25, -0.2) is 0 Å². The molecule has 2 nitrogen and oxygen atoms in total. The van der Waals surface area contributed by atoms with Crippen LogP contribution in [0.1, 0.15) is 0 Å². The molecule has 1 aliphatic heterocycles. The first-order chi connectivity index (χ1) is 5.47. The van der Waals surface area contributed by atoms with Gasteiger partial charge in [0, 0.05) is 6.08 Å². The second-order valence-electron chi connectivity index (χ2n) is 2.29. The Morgan fingerprint density at radius 1 is 1.09 bits per heavy atom. The molecule has 2 rings (SSSR count). The molecule has 0 saturated carbocycles. The quantitative estimate of drug-likeness (QED) is 0.581. The van der Waals surface area contributed by atoms with Crippen LogP contribution in [-0.4, -0.2) is 6.21 Å². The molecule has 1 aliphatic rings. The molecule has 1 aromatic carbocycles. The smallest absolute Gasteiger partial charge is 0.0635 e. The van der Waals surface area contributed by atoms with Gasteiger partial charge in [-0.05, 0) is 12.1 Å². The van der Waals surface area contributed by atoms with Crippen molar-refractivity contribution in [3.63, 3.8) is 0 Å². The maximum absolute atomic E-state index is 4.10. The van der Waals surface area contributed by atoms with Crippen molar-refractivity contribution < 1.29 is 0 Å². The van der Waals surface area contributed by atoms with Gasteiger partial charge in [-0.1, -0.05) is 23.2 Å². The van der Waals surface area contributed by atoms with E-state index in [2.05, 4.69) is 5.10 Å². The van der Waals surface area contributed by atoms with E-state index in [9.17, 15) is 0 Å². The Morgan fingerprint density at radius 3 is 2.55 bits per heavy atom. The summed E-state index contributed by atoms with van der Waals surface area (Å²) in [6.45, 7) is 0. The van der Waals surface area contributed by atoms with Crippen molar-refractivity contribution in [3.8, 4) is 0 Å². The van der Waals surface area contributed by atoms with Gasteiger partial charge >= 0.3 is 0 Å². The van der Waals surface area contributed by atoms with Gasteiger partial charge in [-0.2, -0.15) is 0 Å². The zero-order valence-electron chi connectivity index (χ0n) is 6.01. The van der Waals surface area contributed by atoms with Crippen molar-refractivity contribution in [2.75, 3.05) is 5.01 Å². The van der Waals surface area contributed by atoms with Crippen molar-refractivity contribution in [3.05, 3.63) is 42.6 Å². The van der Waals surface area contributed by atoms with Crippen LogP contribution in [0.5, 0.6) is 0 Å². The zero-order valence-corrected chi connectivity index (χ0v) is 6.01. The summed E-state index contributed by atoms with van der Waals surface area (Å²) >= 11 is 0. The summed E-state index contributed by atoms with van der Waals surface area (Å²) < 4.78 is 0. The molecule has 0 bridgehead atoms. The summed E-state index contributed by atoms with van der Waals surface area (Å²) in [4.78, 5) is 0. The van der Waals surface area contributed by atoms with Crippen LogP contribution in [0.3, 0.4) is 0 Å². The average molecular weight is 144 g/mol. The molecule has 0 N–H and O–H groups in total. The molecule has 0 saturated heterocycles. The SMILES string of the molecule is C1=CN(c2ccccc2)[N+]=C1. The van der Waals surface area contributed by atoms with E-state index >= 15 is 0 Å². The molecule has 0 fully saturated rings. The lowest BCUT2D eigenvalue weighted by atomic mass is 10.3. The normalized spacial score (nSPS) is 14.4. The van der Waals surface area contributed by atoms with Gasteiger partial charge in [0.25, 0.3) is 6.21 Å². The maximum Gasteiger partial charge on any atom is 0.277 e. The minimum absolute atomic E-state index is 1.09. The fraction of sp³-hybridized carbons (Fsp3) is 0. The maximum atomic E-state index is 4.10. The van der Waals surface area contributed by atoms with Crippen molar-refractivity contribution >= 4 is 11.9 Å². The topological polar surface area (TPSA) is 17.3 Å². The van der Waals surface area contributed by atoms with Gasteiger partial charge < -0.3 is 0 Å². The summed E-state index contributed by atoms with van der Waals surface area (Å²) in [7, 11) is 0. The zero-order chi connectivity index (χ0) is 7.52. The Morgan fingerprint density at radius 2 is 1.91 bits per heavy atom. The third-order valence-electron chi connectivity index (χ3n) is 1.53. The van der Waals surface area contributed by atoms with E-state index in [1.165, 1.54) is 0 Å². The van der Waals surface area contributed by atoms with Crippen LogP contribution in [0.15, 0.2) is 42.6 Å². The molecular weight excluding hydrogens is 136 g/mol. The second-order valence-corrected chi connectivity index (χ2v) is 2.29. The molecule has 0 aromatic heterocycles. The molecule has 0 unspecified atom stereocenters. The Labute approximate surface area is 65.5 Å². The van der Waals surface area contributed by atoms with E-state index < -0.39 is 0 Å². The molecule has 1 aromatic rings. The summed E-state index contributed by atoms with van der Waals surface area (Å²) in [6, 6.07) is 10.0. The summed E-state index contributed by atoms with van der Waals surface area (Å²) in [5, 5.41) is 5.94. The largest absolute Gasteiger partial charge is 0.277 e. The monoisotopic (exact) mass is 144 g/mol. The fourth-order valence-corrected chi connectivity index (χ4v) is 1.00. The number of benzene rings is 1. The highest BCUT2D eigenvalue weighted by molar-refractivity contribution is 5.75. The number of nitrogens with zero attached hydrogens (tertiary/aromatic N) is 2. The minimum atomic E-state index is 1.09. The Bertz CT molecular complexity index is 276. The first-order valence-electron chi connectivity index (χ1n) is 3.52. The van der Waals surface area contributed by atoms with Crippen LogP contribution >= 0.6 is 0 Å². The van der Waals surface area contributed by atoms with Gasteiger partial charge in [-0.15, -0.1) is 0 Å². The molecular formula is C9H8N2+. The van der Waals surface area contributed by atoms with E-state index in [0.717, 1.165) is 5.69 Å². The van der Waals surface area contributed by atoms with Gasteiger partial charge in [0.15, 0.2) is 5.10 Å². The molecule has 53 valence electrons. The Hall–Kier alpha value is -1.57. The van der Waals surface area contributed by atoms with Crippen molar-refractivity contribution in [1.82, 2.24) is 5.10 Å². The van der Waals surface area contributed by atoms with Crippen LogP contribution in [0, 0.1) is 0 Å². The first kappa shape index (κ1) is 6.16. The molecule has 0 amide bonds. The van der Waals surface area contributed by atoms with Crippen molar-refractivity contribution in [2.24, 2.45) is 0 Å². The predicted octanol–water partition coefficient (Wildman–Crippen LogP) is 1.34. The highest BCUT2D eigenvalue weighted by Gasteiger charge is 2.12. The first-order valence-corrected chi connectivity index (χ1v) is 3.52. The summed E-state index contributed by atoms with van der Waals surface area (Å²) in [6.07, 6.45) is 5.61. The molecule has 0 aliphatic carbocycles. The average Bonchev–Trinajstić information content (AvgIpc) is 2.58. The number of hydrogen-bond donors (Lipinski definition) is 0. The van der Waals surface area contributed by atoms with Gasteiger partial charge in [0.05, 0.1) is 6.20 Å². The van der Waals surface area contributed by atoms with Gasteiger partial charge in [0.1, 0.15) is 5.69 Å². The number of hydrogen-bond acceptors (Lipinski definition) is 2. The van der Waals surface area contributed by atoms with Crippen LogP contribution in [0.4, 0.5) is 5.69 Å². The van der Waals surface area contributed by atoms with Crippen LogP contribution in [0.25, 0.3) is 0 Å². The number of rotatable bonds is 1. The van der Waals surface area contributed by atoms with E-state index in [0.29, 0.717) is 0 Å². The number of anilines is 1. The third kappa shape index (κ3) is 1.15. The minimum Gasteiger partial charge on any atom is -0.0635 e. The van der Waals surface area contributed by atoms with Gasteiger partial charge in [-0.3, -0.25) is 0 Å². The van der Waals surface area contributed by atoms with Crippen molar-refractivity contribution in [2.45, 2.75) is 0 Å². The van der Waals surface area contributed by atoms with E-state index in [1.54, 1.807) is 6.21 Å². The van der Waals surface area contributed by atoms with Crippen molar-refractivity contribution in [1.29, 1.82) is 0 Å². The molecule has 1 heterocycles. The van der Waals surface area contributed by atoms with E-state index in [-0.39, 0.29) is 0 Å². The Kier molecular flexibility index (Phi) is 1.44. The summed E-state index contributed by atoms with van der Waals surface area (Å²) in [5.74, 6) is 0. The van der Waals surface area contributed by atoms with Crippen LogP contribution in [-0.2, 0) is 0 Å². The number of para-hydroxylation sites is 1. The van der Waals surface area contributed by atoms with Gasteiger partial charge in [0.2, 0.25) is 0 Å². The van der Waals surface area contributed by atoms with Crippen LogP contribution in [0.2, 0.25) is 0 Å². The highest BCUT2D eigenvalue weighted by atomic mass is 15.4. The van der Waals surface area contributed by atoms with E-state index in [1.807, 2.05) is 47.6 Å². The molecule has 0 spiro atoms.